The Morgan fingerprint density at radius 2 is 1.32 bits per heavy atom. The molecule has 0 nitrogen and oxygen atoms in total. The summed E-state index contributed by atoms with van der Waals surface area (Å²) >= 11 is 0. The zero-order valence-electron chi connectivity index (χ0n) is 14.3. The molecule has 1 fully saturated rings. The summed E-state index contributed by atoms with van der Waals surface area (Å²) in [7, 11) is 0. The van der Waals surface area contributed by atoms with Crippen LogP contribution in [0.1, 0.15) is 98.8 Å². The van der Waals surface area contributed by atoms with Crippen LogP contribution >= 0.6 is 0 Å². The molecule has 0 heterocycles. The normalized spacial score (nSPS) is 18.5. The van der Waals surface area contributed by atoms with Gasteiger partial charge in [0.05, 0.1) is 0 Å². The maximum Gasteiger partial charge on any atom is -0.0272 e. The van der Waals surface area contributed by atoms with E-state index in [9.17, 15) is 0 Å². The number of hydrogen-bond acceptors (Lipinski definition) is 0. The van der Waals surface area contributed by atoms with Gasteiger partial charge in [-0.3, -0.25) is 0 Å². The van der Waals surface area contributed by atoms with Crippen LogP contribution in [-0.2, 0) is 0 Å². The summed E-state index contributed by atoms with van der Waals surface area (Å²) in [5.74, 6) is 2.77. The zero-order chi connectivity index (χ0) is 14.3. The van der Waals surface area contributed by atoms with Gasteiger partial charge < -0.3 is 0 Å². The van der Waals surface area contributed by atoms with Gasteiger partial charge in [-0.15, -0.1) is 0 Å². The van der Waals surface area contributed by atoms with Crippen LogP contribution < -0.4 is 0 Å². The second kappa shape index (κ2) is 8.32. The van der Waals surface area contributed by atoms with E-state index < -0.39 is 0 Å². The molecule has 0 unspecified atom stereocenters. The van der Waals surface area contributed by atoms with E-state index in [1.165, 1.54) is 64.2 Å². The van der Waals surface area contributed by atoms with Crippen molar-refractivity contribution in [2.24, 2.45) is 23.2 Å². The molecular weight excluding hydrogens is 228 g/mol. The fourth-order valence-electron chi connectivity index (χ4n) is 4.04. The van der Waals surface area contributed by atoms with Crippen LogP contribution in [0.3, 0.4) is 0 Å². The van der Waals surface area contributed by atoms with Crippen LogP contribution in [-0.4, -0.2) is 0 Å². The standard InChI is InChI=1S/C19H38/c1-6-19(14-12-16(2)3,15-13-17(4)5)18-10-8-7-9-11-18/h16-18H,6-15H2,1-5H3. The lowest BCUT2D eigenvalue weighted by Gasteiger charge is -2.44. The highest BCUT2D eigenvalue weighted by atomic mass is 14.4. The molecule has 0 aliphatic heterocycles. The van der Waals surface area contributed by atoms with Crippen molar-refractivity contribution in [3.05, 3.63) is 0 Å². The lowest BCUT2D eigenvalue weighted by molar-refractivity contribution is 0.0733. The van der Waals surface area contributed by atoms with Gasteiger partial charge in [0.1, 0.15) is 0 Å². The van der Waals surface area contributed by atoms with Gasteiger partial charge in [0, 0.05) is 0 Å². The van der Waals surface area contributed by atoms with Crippen molar-refractivity contribution >= 4 is 0 Å². The molecular formula is C19H38. The van der Waals surface area contributed by atoms with Crippen molar-refractivity contribution in [3.63, 3.8) is 0 Å². The van der Waals surface area contributed by atoms with E-state index in [-0.39, 0.29) is 0 Å². The molecule has 1 saturated carbocycles. The maximum atomic E-state index is 2.47. The molecule has 1 rings (SSSR count). The minimum atomic E-state index is 0.676. The summed E-state index contributed by atoms with van der Waals surface area (Å²) in [6.07, 6.45) is 14.8. The van der Waals surface area contributed by atoms with Crippen LogP contribution in [0.2, 0.25) is 0 Å². The van der Waals surface area contributed by atoms with Crippen LogP contribution in [0.4, 0.5) is 0 Å². The van der Waals surface area contributed by atoms with Gasteiger partial charge in [0.15, 0.2) is 0 Å². The summed E-state index contributed by atoms with van der Waals surface area (Å²) < 4.78 is 0. The van der Waals surface area contributed by atoms with Crippen molar-refractivity contribution in [1.82, 2.24) is 0 Å². The average Bonchev–Trinajstić information content (AvgIpc) is 2.40. The first-order valence-corrected chi connectivity index (χ1v) is 9.00. The topological polar surface area (TPSA) is 0 Å². The predicted octanol–water partition coefficient (Wildman–Crippen LogP) is 6.84. The zero-order valence-corrected chi connectivity index (χ0v) is 14.3. The van der Waals surface area contributed by atoms with Gasteiger partial charge in [-0.1, -0.05) is 73.1 Å². The van der Waals surface area contributed by atoms with E-state index in [0.29, 0.717) is 5.41 Å². The summed E-state index contributed by atoms with van der Waals surface area (Å²) in [6, 6.07) is 0. The Hall–Kier alpha value is 0. The monoisotopic (exact) mass is 266 g/mol. The second-order valence-electron chi connectivity index (χ2n) is 7.92. The quantitative estimate of drug-likeness (QED) is 0.451. The smallest absolute Gasteiger partial charge is 0.0272 e. The Morgan fingerprint density at radius 1 is 0.842 bits per heavy atom. The van der Waals surface area contributed by atoms with E-state index in [1.807, 2.05) is 0 Å². The van der Waals surface area contributed by atoms with Gasteiger partial charge in [-0.05, 0) is 48.9 Å². The highest BCUT2D eigenvalue weighted by molar-refractivity contribution is 4.87. The Kier molecular flexibility index (Phi) is 7.47. The maximum absolute atomic E-state index is 2.47. The molecule has 1 aliphatic rings. The molecule has 114 valence electrons. The fourth-order valence-corrected chi connectivity index (χ4v) is 4.04. The van der Waals surface area contributed by atoms with E-state index in [2.05, 4.69) is 34.6 Å². The molecule has 0 N–H and O–H groups in total. The molecule has 0 aromatic rings. The lowest BCUT2D eigenvalue weighted by Crippen LogP contribution is -2.32. The first kappa shape index (κ1) is 17.1. The van der Waals surface area contributed by atoms with Crippen molar-refractivity contribution in [2.45, 2.75) is 98.8 Å². The third kappa shape index (κ3) is 5.48. The van der Waals surface area contributed by atoms with Gasteiger partial charge in [0.25, 0.3) is 0 Å². The summed E-state index contributed by atoms with van der Waals surface area (Å²) in [6.45, 7) is 12.0. The van der Waals surface area contributed by atoms with E-state index in [0.717, 1.165) is 17.8 Å². The third-order valence-electron chi connectivity index (χ3n) is 5.61. The van der Waals surface area contributed by atoms with Crippen molar-refractivity contribution in [1.29, 1.82) is 0 Å². The molecule has 0 saturated heterocycles. The number of rotatable bonds is 8. The van der Waals surface area contributed by atoms with Crippen molar-refractivity contribution in [2.75, 3.05) is 0 Å². The van der Waals surface area contributed by atoms with Crippen molar-refractivity contribution < 1.29 is 0 Å². The van der Waals surface area contributed by atoms with Crippen LogP contribution in [0.5, 0.6) is 0 Å². The highest BCUT2D eigenvalue weighted by Crippen LogP contribution is 2.48. The summed E-state index contributed by atoms with van der Waals surface area (Å²) in [4.78, 5) is 0. The average molecular weight is 267 g/mol. The number of hydrogen-bond donors (Lipinski definition) is 0. The van der Waals surface area contributed by atoms with Crippen LogP contribution in [0, 0.1) is 23.2 Å². The molecule has 19 heavy (non-hydrogen) atoms. The first-order valence-electron chi connectivity index (χ1n) is 9.00. The van der Waals surface area contributed by atoms with Gasteiger partial charge >= 0.3 is 0 Å². The van der Waals surface area contributed by atoms with Crippen LogP contribution in [0.25, 0.3) is 0 Å². The molecule has 0 atom stereocenters. The molecule has 1 aliphatic carbocycles. The van der Waals surface area contributed by atoms with Gasteiger partial charge in [-0.25, -0.2) is 0 Å². The third-order valence-corrected chi connectivity index (χ3v) is 5.61. The molecule has 0 spiro atoms. The van der Waals surface area contributed by atoms with E-state index >= 15 is 0 Å². The lowest BCUT2D eigenvalue weighted by atomic mass is 9.62. The van der Waals surface area contributed by atoms with Gasteiger partial charge in [-0.2, -0.15) is 0 Å². The summed E-state index contributed by atoms with van der Waals surface area (Å²) in [5, 5.41) is 0. The van der Waals surface area contributed by atoms with Crippen LogP contribution in [0.15, 0.2) is 0 Å². The molecule has 0 aromatic carbocycles. The molecule has 0 radical (unpaired) electrons. The molecule has 0 bridgehead atoms. The molecule has 0 aromatic heterocycles. The summed E-state index contributed by atoms with van der Waals surface area (Å²) in [5.41, 5.74) is 0.676. The van der Waals surface area contributed by atoms with Gasteiger partial charge in [0.2, 0.25) is 0 Å². The SMILES string of the molecule is CCC(CCC(C)C)(CCC(C)C)C1CCCCC1. The Labute approximate surface area is 122 Å². The van der Waals surface area contributed by atoms with E-state index in [1.54, 1.807) is 0 Å². The first-order chi connectivity index (χ1) is 9.00. The second-order valence-corrected chi connectivity index (χ2v) is 7.92. The fraction of sp³-hybridized carbons (Fsp3) is 1.00. The van der Waals surface area contributed by atoms with E-state index in [4.69, 9.17) is 0 Å². The Balaban J connectivity index is 2.71. The molecule has 0 heteroatoms. The minimum absolute atomic E-state index is 0.676. The molecule has 0 amide bonds. The van der Waals surface area contributed by atoms with Crippen molar-refractivity contribution in [3.8, 4) is 0 Å². The minimum Gasteiger partial charge on any atom is -0.0648 e. The highest BCUT2D eigenvalue weighted by Gasteiger charge is 2.36. The predicted molar refractivity (Wildman–Crippen MR) is 87.4 cm³/mol. The Morgan fingerprint density at radius 3 is 1.68 bits per heavy atom. The largest absolute Gasteiger partial charge is 0.0648 e. The Bertz CT molecular complexity index is 208.